The molecule has 2 rings (SSSR count). The second-order valence-electron chi connectivity index (χ2n) is 4.82. The van der Waals surface area contributed by atoms with Gasteiger partial charge in [-0.2, -0.15) is 0 Å². The van der Waals surface area contributed by atoms with Crippen molar-refractivity contribution in [3.63, 3.8) is 0 Å². The summed E-state index contributed by atoms with van der Waals surface area (Å²) in [6, 6.07) is 6.51. The summed E-state index contributed by atoms with van der Waals surface area (Å²) < 4.78 is 5.38. The van der Waals surface area contributed by atoms with Gasteiger partial charge in [-0.3, -0.25) is 0 Å². The lowest BCUT2D eigenvalue weighted by Crippen LogP contribution is -2.55. The Kier molecular flexibility index (Phi) is 3.69. The third-order valence-electron chi connectivity index (χ3n) is 3.59. The van der Waals surface area contributed by atoms with Crippen LogP contribution < -0.4 is 15.4 Å². The first kappa shape index (κ1) is 12.4. The first-order chi connectivity index (χ1) is 8.19. The minimum absolute atomic E-state index is 0.0362. The van der Waals surface area contributed by atoms with Crippen molar-refractivity contribution in [2.75, 3.05) is 26.7 Å². The molecule has 1 aromatic carbocycles. The summed E-state index contributed by atoms with van der Waals surface area (Å²) in [5, 5.41) is 7.04. The number of rotatable bonds is 3. The van der Waals surface area contributed by atoms with Crippen LogP contribution in [0.1, 0.15) is 25.0 Å². The monoisotopic (exact) mass is 234 g/mol. The highest BCUT2D eigenvalue weighted by Gasteiger charge is 2.28. The number of hydrogen-bond donors (Lipinski definition) is 2. The van der Waals surface area contributed by atoms with Crippen molar-refractivity contribution < 1.29 is 4.74 Å². The molecule has 1 saturated heterocycles. The number of methoxy groups -OCH3 is 1. The smallest absolute Gasteiger partial charge is 0.122 e. The van der Waals surface area contributed by atoms with E-state index in [0.29, 0.717) is 0 Å². The van der Waals surface area contributed by atoms with E-state index in [-0.39, 0.29) is 5.54 Å². The maximum atomic E-state index is 5.38. The Balaban J connectivity index is 2.32. The van der Waals surface area contributed by atoms with E-state index in [4.69, 9.17) is 4.74 Å². The van der Waals surface area contributed by atoms with E-state index in [1.54, 1.807) is 7.11 Å². The fraction of sp³-hybridized carbons (Fsp3) is 0.571. The van der Waals surface area contributed by atoms with Crippen molar-refractivity contribution in [1.29, 1.82) is 0 Å². The minimum atomic E-state index is 0.0362. The Hall–Kier alpha value is -1.06. The average molecular weight is 234 g/mol. The number of piperazine rings is 1. The molecule has 1 aliphatic heterocycles. The van der Waals surface area contributed by atoms with Crippen molar-refractivity contribution >= 4 is 0 Å². The molecule has 0 amide bonds. The molecule has 1 fully saturated rings. The Bertz CT molecular complexity index is 384. The highest BCUT2D eigenvalue weighted by atomic mass is 16.5. The van der Waals surface area contributed by atoms with Gasteiger partial charge in [0.25, 0.3) is 0 Å². The molecule has 0 radical (unpaired) electrons. The molecule has 1 aromatic rings. The lowest BCUT2D eigenvalue weighted by molar-refractivity contribution is 0.302. The summed E-state index contributed by atoms with van der Waals surface area (Å²) in [4.78, 5) is 0. The molecule has 3 heteroatoms. The molecule has 0 spiro atoms. The highest BCUT2D eigenvalue weighted by molar-refractivity contribution is 5.40. The van der Waals surface area contributed by atoms with Crippen LogP contribution in [0.25, 0.3) is 0 Å². The van der Waals surface area contributed by atoms with E-state index in [2.05, 4.69) is 42.7 Å². The number of nitrogens with one attached hydrogen (secondary N) is 2. The summed E-state index contributed by atoms with van der Waals surface area (Å²) in [5.41, 5.74) is 2.65. The van der Waals surface area contributed by atoms with Crippen molar-refractivity contribution in [3.8, 4) is 5.75 Å². The average Bonchev–Trinajstić information content (AvgIpc) is 2.38. The number of aryl methyl sites for hydroxylation is 1. The second kappa shape index (κ2) is 5.07. The maximum Gasteiger partial charge on any atom is 0.122 e. The molecule has 3 nitrogen and oxygen atoms in total. The standard InChI is InChI=1S/C14H22N2O/c1-4-11-9-12(5-6-13(11)17-3)14(2)10-15-7-8-16-14/h5-6,9,15-16H,4,7-8,10H2,1-3H3. The Labute approximate surface area is 104 Å². The van der Waals surface area contributed by atoms with Gasteiger partial charge >= 0.3 is 0 Å². The molecule has 0 aromatic heterocycles. The number of benzene rings is 1. The third-order valence-corrected chi connectivity index (χ3v) is 3.59. The summed E-state index contributed by atoms with van der Waals surface area (Å²) >= 11 is 0. The van der Waals surface area contributed by atoms with Crippen molar-refractivity contribution in [2.45, 2.75) is 25.8 Å². The maximum absolute atomic E-state index is 5.38. The molecule has 1 atom stereocenters. The van der Waals surface area contributed by atoms with E-state index in [1.807, 2.05) is 0 Å². The molecule has 1 heterocycles. The van der Waals surface area contributed by atoms with Gasteiger partial charge < -0.3 is 15.4 Å². The third kappa shape index (κ3) is 2.45. The molecule has 2 N–H and O–H groups in total. The lowest BCUT2D eigenvalue weighted by atomic mass is 9.88. The number of ether oxygens (including phenoxy) is 1. The first-order valence-corrected chi connectivity index (χ1v) is 6.33. The predicted octanol–water partition coefficient (Wildman–Crippen LogP) is 1.67. The molecular formula is C14H22N2O. The molecule has 17 heavy (non-hydrogen) atoms. The predicted molar refractivity (Wildman–Crippen MR) is 70.6 cm³/mol. The normalized spacial score (nSPS) is 24.6. The largest absolute Gasteiger partial charge is 0.496 e. The molecular weight excluding hydrogens is 212 g/mol. The van der Waals surface area contributed by atoms with Crippen molar-refractivity contribution in [2.24, 2.45) is 0 Å². The van der Waals surface area contributed by atoms with Gasteiger partial charge in [-0.25, -0.2) is 0 Å². The summed E-state index contributed by atoms with van der Waals surface area (Å²) in [6.45, 7) is 7.45. The van der Waals surface area contributed by atoms with Gasteiger partial charge in [-0.1, -0.05) is 19.1 Å². The molecule has 1 unspecified atom stereocenters. The van der Waals surface area contributed by atoms with Gasteiger partial charge in [0.05, 0.1) is 12.6 Å². The zero-order valence-electron chi connectivity index (χ0n) is 11.0. The Morgan fingerprint density at radius 3 is 2.76 bits per heavy atom. The summed E-state index contributed by atoms with van der Waals surface area (Å²) in [7, 11) is 1.73. The van der Waals surface area contributed by atoms with Crippen LogP contribution >= 0.6 is 0 Å². The van der Waals surface area contributed by atoms with E-state index >= 15 is 0 Å². The summed E-state index contributed by atoms with van der Waals surface area (Å²) in [6.07, 6.45) is 1.00. The minimum Gasteiger partial charge on any atom is -0.496 e. The zero-order valence-corrected chi connectivity index (χ0v) is 11.0. The van der Waals surface area contributed by atoms with Gasteiger partial charge in [0.1, 0.15) is 5.75 Å². The molecule has 0 bridgehead atoms. The van der Waals surface area contributed by atoms with Gasteiger partial charge in [0.15, 0.2) is 0 Å². The van der Waals surface area contributed by atoms with Gasteiger partial charge in [0, 0.05) is 19.6 Å². The summed E-state index contributed by atoms with van der Waals surface area (Å²) in [5.74, 6) is 0.989. The van der Waals surface area contributed by atoms with Crippen LogP contribution in [0.3, 0.4) is 0 Å². The Morgan fingerprint density at radius 2 is 2.18 bits per heavy atom. The second-order valence-corrected chi connectivity index (χ2v) is 4.82. The fourth-order valence-electron chi connectivity index (χ4n) is 2.43. The van der Waals surface area contributed by atoms with Gasteiger partial charge in [-0.05, 0) is 30.5 Å². The molecule has 94 valence electrons. The van der Waals surface area contributed by atoms with Crippen LogP contribution in [0.15, 0.2) is 18.2 Å². The van der Waals surface area contributed by atoms with Crippen LogP contribution in [0, 0.1) is 0 Å². The van der Waals surface area contributed by atoms with Crippen LogP contribution in [-0.4, -0.2) is 26.7 Å². The quantitative estimate of drug-likeness (QED) is 0.834. The molecule has 1 aliphatic rings. The van der Waals surface area contributed by atoms with E-state index in [9.17, 15) is 0 Å². The van der Waals surface area contributed by atoms with Crippen LogP contribution in [0.4, 0.5) is 0 Å². The zero-order chi connectivity index (χ0) is 12.3. The lowest BCUT2D eigenvalue weighted by Gasteiger charge is -2.36. The van der Waals surface area contributed by atoms with Crippen LogP contribution in [-0.2, 0) is 12.0 Å². The number of hydrogen-bond acceptors (Lipinski definition) is 3. The first-order valence-electron chi connectivity index (χ1n) is 6.33. The highest BCUT2D eigenvalue weighted by Crippen LogP contribution is 2.27. The SMILES string of the molecule is CCc1cc(C2(C)CNCCN2)ccc1OC. The van der Waals surface area contributed by atoms with Gasteiger partial charge in [-0.15, -0.1) is 0 Å². The molecule has 0 aliphatic carbocycles. The van der Waals surface area contributed by atoms with E-state index in [1.165, 1.54) is 11.1 Å². The fourth-order valence-corrected chi connectivity index (χ4v) is 2.43. The van der Waals surface area contributed by atoms with Crippen molar-refractivity contribution in [1.82, 2.24) is 10.6 Å². The van der Waals surface area contributed by atoms with Gasteiger partial charge in [0.2, 0.25) is 0 Å². The molecule has 0 saturated carbocycles. The van der Waals surface area contributed by atoms with Crippen LogP contribution in [0.2, 0.25) is 0 Å². The van der Waals surface area contributed by atoms with E-state index < -0.39 is 0 Å². The Morgan fingerprint density at radius 1 is 1.35 bits per heavy atom. The topological polar surface area (TPSA) is 33.3 Å². The van der Waals surface area contributed by atoms with Crippen molar-refractivity contribution in [3.05, 3.63) is 29.3 Å². The van der Waals surface area contributed by atoms with E-state index in [0.717, 1.165) is 31.8 Å². The van der Waals surface area contributed by atoms with Crippen LogP contribution in [0.5, 0.6) is 5.75 Å².